The molecule has 5 heterocycles. The van der Waals surface area contributed by atoms with Crippen molar-refractivity contribution in [1.29, 1.82) is 0 Å². The van der Waals surface area contributed by atoms with Crippen molar-refractivity contribution in [1.82, 2.24) is 24.9 Å². The summed E-state index contributed by atoms with van der Waals surface area (Å²) in [6.45, 7) is 10.1. The standard InChI is InChI=1S/C18H25N5O/c1-12(2)18-20-17(24-21-18)11-23-15-7-16(23)10-22(9-15)8-14-6-4-5-13(3)19-14/h4-6,12,15-16H,7-11H2,1-3H3. The molecular weight excluding hydrogens is 302 g/mol. The minimum absolute atomic E-state index is 0.315. The number of nitrogens with zero attached hydrogens (tertiary/aromatic N) is 5. The van der Waals surface area contributed by atoms with E-state index in [1.54, 1.807) is 0 Å². The molecule has 3 aliphatic rings. The van der Waals surface area contributed by atoms with E-state index in [1.165, 1.54) is 12.1 Å². The van der Waals surface area contributed by atoms with Crippen LogP contribution in [-0.2, 0) is 13.1 Å². The summed E-state index contributed by atoms with van der Waals surface area (Å²) in [4.78, 5) is 14.2. The maximum atomic E-state index is 5.41. The fourth-order valence-corrected chi connectivity index (χ4v) is 3.80. The topological polar surface area (TPSA) is 58.3 Å². The van der Waals surface area contributed by atoms with Gasteiger partial charge in [0.2, 0.25) is 5.89 Å². The van der Waals surface area contributed by atoms with Gasteiger partial charge in [0.1, 0.15) is 0 Å². The Morgan fingerprint density at radius 1 is 1.17 bits per heavy atom. The van der Waals surface area contributed by atoms with Crippen molar-refractivity contribution in [2.45, 2.75) is 58.3 Å². The highest BCUT2D eigenvalue weighted by molar-refractivity contribution is 5.11. The van der Waals surface area contributed by atoms with Crippen molar-refractivity contribution >= 4 is 0 Å². The van der Waals surface area contributed by atoms with E-state index in [9.17, 15) is 0 Å². The second-order valence-electron chi connectivity index (χ2n) is 7.38. The fourth-order valence-electron chi connectivity index (χ4n) is 3.80. The van der Waals surface area contributed by atoms with Gasteiger partial charge in [0.25, 0.3) is 0 Å². The molecule has 2 aromatic heterocycles. The third kappa shape index (κ3) is 3.08. The maximum absolute atomic E-state index is 5.41. The van der Waals surface area contributed by atoms with Gasteiger partial charge in [0, 0.05) is 43.3 Å². The predicted octanol–water partition coefficient (Wildman–Crippen LogP) is 2.36. The van der Waals surface area contributed by atoms with Crippen LogP contribution in [0.2, 0.25) is 0 Å². The molecule has 3 saturated heterocycles. The fraction of sp³-hybridized carbons (Fsp3) is 0.611. The number of pyridine rings is 1. The molecule has 6 nitrogen and oxygen atoms in total. The summed E-state index contributed by atoms with van der Waals surface area (Å²) in [7, 11) is 0. The SMILES string of the molecule is Cc1cccc(CN2CC3CC(C2)N3Cc2nc(C(C)C)no2)n1. The Bertz CT molecular complexity index is 701. The van der Waals surface area contributed by atoms with E-state index in [-0.39, 0.29) is 0 Å². The molecule has 2 bridgehead atoms. The van der Waals surface area contributed by atoms with Crippen molar-refractivity contribution in [2.75, 3.05) is 13.1 Å². The Morgan fingerprint density at radius 2 is 1.96 bits per heavy atom. The third-order valence-electron chi connectivity index (χ3n) is 5.07. The third-order valence-corrected chi connectivity index (χ3v) is 5.07. The van der Waals surface area contributed by atoms with Gasteiger partial charge in [-0.25, -0.2) is 0 Å². The molecule has 6 heteroatoms. The molecule has 0 aliphatic carbocycles. The van der Waals surface area contributed by atoms with E-state index in [0.29, 0.717) is 18.0 Å². The molecule has 5 rings (SSSR count). The minimum atomic E-state index is 0.315. The Labute approximate surface area is 142 Å². The van der Waals surface area contributed by atoms with Crippen LogP contribution in [-0.4, -0.2) is 50.1 Å². The Kier molecular flexibility index (Phi) is 4.10. The highest BCUT2D eigenvalue weighted by atomic mass is 16.5. The predicted molar refractivity (Wildman–Crippen MR) is 90.4 cm³/mol. The number of fused-ring (bicyclic) bond motifs is 2. The molecular formula is C18H25N5O. The van der Waals surface area contributed by atoms with E-state index in [2.05, 4.69) is 63.9 Å². The first-order valence-electron chi connectivity index (χ1n) is 8.81. The molecule has 3 fully saturated rings. The molecule has 3 aliphatic heterocycles. The molecule has 0 amide bonds. The van der Waals surface area contributed by atoms with Crippen molar-refractivity contribution in [3.63, 3.8) is 0 Å². The molecule has 0 aromatic carbocycles. The van der Waals surface area contributed by atoms with E-state index >= 15 is 0 Å². The summed E-state index contributed by atoms with van der Waals surface area (Å²) < 4.78 is 5.41. The molecule has 128 valence electrons. The zero-order valence-corrected chi connectivity index (χ0v) is 14.6. The number of aromatic nitrogens is 3. The van der Waals surface area contributed by atoms with Crippen LogP contribution in [0.4, 0.5) is 0 Å². The second-order valence-corrected chi connectivity index (χ2v) is 7.38. The van der Waals surface area contributed by atoms with Crippen molar-refractivity contribution in [2.24, 2.45) is 0 Å². The average Bonchev–Trinajstić information content (AvgIpc) is 3.02. The van der Waals surface area contributed by atoms with Gasteiger partial charge in [0.05, 0.1) is 12.2 Å². The number of hydrogen-bond donors (Lipinski definition) is 0. The van der Waals surface area contributed by atoms with Crippen LogP contribution in [0.25, 0.3) is 0 Å². The smallest absolute Gasteiger partial charge is 0.240 e. The number of rotatable bonds is 5. The highest BCUT2D eigenvalue weighted by Gasteiger charge is 2.44. The Morgan fingerprint density at radius 3 is 2.62 bits per heavy atom. The summed E-state index contributed by atoms with van der Waals surface area (Å²) >= 11 is 0. The molecule has 0 N–H and O–H groups in total. The Balaban J connectivity index is 1.34. The van der Waals surface area contributed by atoms with Crippen LogP contribution in [0, 0.1) is 6.92 Å². The first-order chi connectivity index (χ1) is 11.6. The lowest BCUT2D eigenvalue weighted by Gasteiger charge is -2.56. The Hall–Kier alpha value is -1.79. The van der Waals surface area contributed by atoms with Gasteiger partial charge < -0.3 is 4.52 Å². The van der Waals surface area contributed by atoms with Crippen LogP contribution >= 0.6 is 0 Å². The van der Waals surface area contributed by atoms with Gasteiger partial charge in [-0.3, -0.25) is 14.8 Å². The van der Waals surface area contributed by atoms with Gasteiger partial charge in [-0.05, 0) is 25.5 Å². The monoisotopic (exact) mass is 327 g/mol. The van der Waals surface area contributed by atoms with E-state index in [4.69, 9.17) is 4.52 Å². The number of aryl methyl sites for hydroxylation is 1. The van der Waals surface area contributed by atoms with Crippen LogP contribution in [0.3, 0.4) is 0 Å². The van der Waals surface area contributed by atoms with Gasteiger partial charge >= 0.3 is 0 Å². The number of piperazine rings is 1. The zero-order chi connectivity index (χ0) is 16.7. The van der Waals surface area contributed by atoms with E-state index in [1.807, 2.05) is 0 Å². The zero-order valence-electron chi connectivity index (χ0n) is 14.6. The lowest BCUT2D eigenvalue weighted by atomic mass is 9.87. The molecule has 2 aromatic rings. The molecule has 2 unspecified atom stereocenters. The van der Waals surface area contributed by atoms with E-state index in [0.717, 1.165) is 43.6 Å². The average molecular weight is 327 g/mol. The summed E-state index contributed by atoms with van der Waals surface area (Å²) in [6.07, 6.45) is 1.28. The maximum Gasteiger partial charge on any atom is 0.240 e. The van der Waals surface area contributed by atoms with Crippen LogP contribution < -0.4 is 0 Å². The second kappa shape index (κ2) is 6.26. The normalized spacial score (nSPS) is 24.3. The molecule has 0 spiro atoms. The highest BCUT2D eigenvalue weighted by Crippen LogP contribution is 2.34. The van der Waals surface area contributed by atoms with Crippen LogP contribution in [0.15, 0.2) is 22.7 Å². The van der Waals surface area contributed by atoms with Crippen molar-refractivity contribution < 1.29 is 4.52 Å². The lowest BCUT2D eigenvalue weighted by Crippen LogP contribution is -2.67. The van der Waals surface area contributed by atoms with Crippen molar-refractivity contribution in [3.05, 3.63) is 41.3 Å². The van der Waals surface area contributed by atoms with Gasteiger partial charge in [-0.1, -0.05) is 25.1 Å². The van der Waals surface area contributed by atoms with Crippen LogP contribution in [0.5, 0.6) is 0 Å². The number of hydrogen-bond acceptors (Lipinski definition) is 6. The lowest BCUT2D eigenvalue weighted by molar-refractivity contribution is -0.0821. The summed E-state index contributed by atoms with van der Waals surface area (Å²) in [5, 5.41) is 4.07. The summed E-state index contributed by atoms with van der Waals surface area (Å²) in [6, 6.07) is 7.47. The first-order valence-corrected chi connectivity index (χ1v) is 8.81. The minimum Gasteiger partial charge on any atom is -0.338 e. The molecule has 24 heavy (non-hydrogen) atoms. The molecule has 2 atom stereocenters. The summed E-state index contributed by atoms with van der Waals surface area (Å²) in [5.74, 6) is 1.88. The van der Waals surface area contributed by atoms with Gasteiger partial charge in [-0.15, -0.1) is 0 Å². The van der Waals surface area contributed by atoms with Gasteiger partial charge in [-0.2, -0.15) is 4.98 Å². The van der Waals surface area contributed by atoms with Crippen LogP contribution in [0.1, 0.15) is 49.3 Å². The molecule has 0 radical (unpaired) electrons. The van der Waals surface area contributed by atoms with E-state index < -0.39 is 0 Å². The van der Waals surface area contributed by atoms with Crippen molar-refractivity contribution in [3.8, 4) is 0 Å². The van der Waals surface area contributed by atoms with Gasteiger partial charge in [0.15, 0.2) is 5.82 Å². The largest absolute Gasteiger partial charge is 0.338 e. The first kappa shape index (κ1) is 15.7. The number of piperidine rings is 1. The summed E-state index contributed by atoms with van der Waals surface area (Å²) in [5.41, 5.74) is 2.26. The molecule has 0 saturated carbocycles. The quantitative estimate of drug-likeness (QED) is 0.840.